The average molecular weight is 260 g/mol. The first-order valence-corrected chi connectivity index (χ1v) is 7.60. The van der Waals surface area contributed by atoms with Crippen LogP contribution in [0.1, 0.15) is 19.3 Å². The van der Waals surface area contributed by atoms with E-state index in [1.807, 2.05) is 0 Å². The van der Waals surface area contributed by atoms with E-state index >= 15 is 0 Å². The fourth-order valence-electron chi connectivity index (χ4n) is 2.22. The number of nitrogens with zero attached hydrogens (tertiary/aromatic N) is 1. The van der Waals surface area contributed by atoms with Crippen LogP contribution >= 0.6 is 0 Å². The maximum absolute atomic E-state index is 11.7. The molecule has 1 N–H and O–H groups in total. The molecule has 0 aliphatic carbocycles. The second-order valence-corrected chi connectivity index (χ2v) is 6.80. The van der Waals surface area contributed by atoms with Crippen LogP contribution in [0.5, 0.6) is 0 Å². The smallest absolute Gasteiger partial charge is 0.311 e. The van der Waals surface area contributed by atoms with Gasteiger partial charge in [-0.05, 0) is 19.3 Å². The van der Waals surface area contributed by atoms with Crippen molar-refractivity contribution < 1.29 is 18.0 Å². The fraction of sp³-hybridized carbons (Fsp3) is 0.800. The second-order valence-electron chi connectivity index (χ2n) is 4.57. The predicted molar refractivity (Wildman–Crippen MR) is 61.0 cm³/mol. The first-order chi connectivity index (χ1) is 7.98. The van der Waals surface area contributed by atoms with Crippen LogP contribution in [0.2, 0.25) is 0 Å². The monoisotopic (exact) mass is 260 g/mol. The lowest BCUT2D eigenvalue weighted by atomic mass is 10.2. The maximum atomic E-state index is 11.7. The Labute approximate surface area is 100 Å². The van der Waals surface area contributed by atoms with Crippen LogP contribution in [0.3, 0.4) is 0 Å². The molecule has 6 nitrogen and oxygen atoms in total. The standard InChI is InChI=1S/C10H16N2O4S/c13-9(10(14)12-4-1-2-5-12)11-8-3-6-17(15,16)7-8/h8H,1-7H2,(H,11,13). The first-order valence-electron chi connectivity index (χ1n) is 5.78. The molecule has 0 bridgehead atoms. The highest BCUT2D eigenvalue weighted by Gasteiger charge is 2.32. The van der Waals surface area contributed by atoms with E-state index in [9.17, 15) is 18.0 Å². The minimum absolute atomic E-state index is 0.0496. The topological polar surface area (TPSA) is 83.5 Å². The summed E-state index contributed by atoms with van der Waals surface area (Å²) in [4.78, 5) is 24.8. The summed E-state index contributed by atoms with van der Waals surface area (Å²) in [7, 11) is -3.03. The average Bonchev–Trinajstić information content (AvgIpc) is 2.86. The number of hydrogen-bond donors (Lipinski definition) is 1. The Morgan fingerprint density at radius 1 is 1.18 bits per heavy atom. The highest BCUT2D eigenvalue weighted by molar-refractivity contribution is 7.91. The lowest BCUT2D eigenvalue weighted by Crippen LogP contribution is -2.46. The quantitative estimate of drug-likeness (QED) is 0.607. The van der Waals surface area contributed by atoms with Gasteiger partial charge in [0.2, 0.25) is 0 Å². The number of sulfone groups is 1. The van der Waals surface area contributed by atoms with E-state index in [1.54, 1.807) is 0 Å². The van der Waals surface area contributed by atoms with Crippen molar-refractivity contribution in [2.75, 3.05) is 24.6 Å². The van der Waals surface area contributed by atoms with Crippen molar-refractivity contribution >= 4 is 21.7 Å². The Hall–Kier alpha value is -1.11. The summed E-state index contributed by atoms with van der Waals surface area (Å²) in [6, 6.07) is -0.404. The van der Waals surface area contributed by atoms with Gasteiger partial charge in [0.1, 0.15) is 0 Å². The van der Waals surface area contributed by atoms with Gasteiger partial charge in [0.25, 0.3) is 0 Å². The molecule has 17 heavy (non-hydrogen) atoms. The zero-order valence-electron chi connectivity index (χ0n) is 9.52. The number of hydrogen-bond acceptors (Lipinski definition) is 4. The Morgan fingerprint density at radius 3 is 2.35 bits per heavy atom. The van der Waals surface area contributed by atoms with Crippen molar-refractivity contribution in [2.45, 2.75) is 25.3 Å². The molecule has 96 valence electrons. The van der Waals surface area contributed by atoms with E-state index in [1.165, 1.54) is 4.90 Å². The van der Waals surface area contributed by atoms with Gasteiger partial charge in [-0.2, -0.15) is 0 Å². The van der Waals surface area contributed by atoms with Crippen LogP contribution < -0.4 is 5.32 Å². The molecule has 2 rings (SSSR count). The van der Waals surface area contributed by atoms with Gasteiger partial charge in [-0.15, -0.1) is 0 Å². The summed E-state index contributed by atoms with van der Waals surface area (Å²) in [5.74, 6) is -1.16. The van der Waals surface area contributed by atoms with E-state index in [0.29, 0.717) is 19.5 Å². The fourth-order valence-corrected chi connectivity index (χ4v) is 3.89. The van der Waals surface area contributed by atoms with Crippen LogP contribution in [-0.2, 0) is 19.4 Å². The minimum Gasteiger partial charge on any atom is -0.344 e. The molecule has 7 heteroatoms. The molecule has 0 radical (unpaired) electrons. The first kappa shape index (κ1) is 12.3. The summed E-state index contributed by atoms with van der Waals surface area (Å²) < 4.78 is 22.4. The van der Waals surface area contributed by atoms with Gasteiger partial charge in [-0.1, -0.05) is 0 Å². The van der Waals surface area contributed by atoms with Gasteiger partial charge in [0, 0.05) is 19.1 Å². The molecule has 2 amide bonds. The minimum atomic E-state index is -3.03. The molecule has 2 aliphatic rings. The second kappa shape index (κ2) is 4.64. The molecule has 0 aromatic heterocycles. The number of rotatable bonds is 1. The third kappa shape index (κ3) is 2.96. The van der Waals surface area contributed by atoms with Crippen LogP contribution in [-0.4, -0.2) is 55.8 Å². The molecule has 0 aromatic rings. The SMILES string of the molecule is O=C(NC1CCS(=O)(=O)C1)C(=O)N1CCCC1. The zero-order valence-corrected chi connectivity index (χ0v) is 10.3. The summed E-state index contributed by atoms with van der Waals surface area (Å²) in [5, 5.41) is 2.50. The van der Waals surface area contributed by atoms with Crippen LogP contribution in [0.15, 0.2) is 0 Å². The molecule has 0 saturated carbocycles. The van der Waals surface area contributed by atoms with Crippen LogP contribution in [0.25, 0.3) is 0 Å². The molecule has 2 saturated heterocycles. The van der Waals surface area contributed by atoms with E-state index in [4.69, 9.17) is 0 Å². The predicted octanol–water partition coefficient (Wildman–Crippen LogP) is -1.09. The third-order valence-corrected chi connectivity index (χ3v) is 4.92. The van der Waals surface area contributed by atoms with Crippen LogP contribution in [0.4, 0.5) is 0 Å². The lowest BCUT2D eigenvalue weighted by molar-refractivity contribution is -0.145. The molecule has 1 atom stereocenters. The largest absolute Gasteiger partial charge is 0.344 e. The van der Waals surface area contributed by atoms with Crippen molar-refractivity contribution in [1.82, 2.24) is 10.2 Å². The number of likely N-dealkylation sites (tertiary alicyclic amines) is 1. The lowest BCUT2D eigenvalue weighted by Gasteiger charge is -2.16. The highest BCUT2D eigenvalue weighted by Crippen LogP contribution is 2.12. The van der Waals surface area contributed by atoms with E-state index in [0.717, 1.165) is 12.8 Å². The molecule has 1 unspecified atom stereocenters. The van der Waals surface area contributed by atoms with E-state index in [2.05, 4.69) is 5.32 Å². The van der Waals surface area contributed by atoms with Crippen LogP contribution in [0, 0.1) is 0 Å². The van der Waals surface area contributed by atoms with Crippen molar-refractivity contribution in [2.24, 2.45) is 0 Å². The molecule has 0 aromatic carbocycles. The zero-order chi connectivity index (χ0) is 12.5. The Kier molecular flexibility index (Phi) is 3.37. The highest BCUT2D eigenvalue weighted by atomic mass is 32.2. The molecular weight excluding hydrogens is 244 g/mol. The molecule has 2 heterocycles. The Bertz CT molecular complexity index is 426. The van der Waals surface area contributed by atoms with Crippen molar-refractivity contribution in [3.63, 3.8) is 0 Å². The molecule has 0 spiro atoms. The van der Waals surface area contributed by atoms with Crippen molar-refractivity contribution in [3.05, 3.63) is 0 Å². The van der Waals surface area contributed by atoms with Gasteiger partial charge in [-0.3, -0.25) is 9.59 Å². The van der Waals surface area contributed by atoms with Crippen molar-refractivity contribution in [3.8, 4) is 0 Å². The van der Waals surface area contributed by atoms with Gasteiger partial charge in [-0.25, -0.2) is 8.42 Å². The number of amides is 2. The Morgan fingerprint density at radius 2 is 1.82 bits per heavy atom. The third-order valence-electron chi connectivity index (χ3n) is 3.16. The molecular formula is C10H16N2O4S. The van der Waals surface area contributed by atoms with E-state index in [-0.39, 0.29) is 11.5 Å². The summed E-state index contributed by atoms with van der Waals surface area (Å²) in [5.41, 5.74) is 0. The normalized spacial score (nSPS) is 27.1. The Balaban J connectivity index is 1.87. The summed E-state index contributed by atoms with van der Waals surface area (Å²) >= 11 is 0. The molecule has 2 fully saturated rings. The van der Waals surface area contributed by atoms with Gasteiger partial charge >= 0.3 is 11.8 Å². The number of carbonyl (C=O) groups excluding carboxylic acids is 2. The van der Waals surface area contributed by atoms with E-state index < -0.39 is 27.7 Å². The molecule has 2 aliphatic heterocycles. The van der Waals surface area contributed by atoms with Gasteiger partial charge < -0.3 is 10.2 Å². The summed E-state index contributed by atoms with van der Waals surface area (Å²) in [6.07, 6.45) is 2.26. The van der Waals surface area contributed by atoms with Gasteiger partial charge in [0.15, 0.2) is 9.84 Å². The maximum Gasteiger partial charge on any atom is 0.311 e. The van der Waals surface area contributed by atoms with Gasteiger partial charge in [0.05, 0.1) is 11.5 Å². The number of nitrogens with one attached hydrogen (secondary N) is 1. The summed E-state index contributed by atoms with van der Waals surface area (Å²) in [6.45, 7) is 1.24. The number of carbonyl (C=O) groups is 2. The van der Waals surface area contributed by atoms with Crippen molar-refractivity contribution in [1.29, 1.82) is 0 Å².